The quantitative estimate of drug-likeness (QED) is 0.206. The molecule has 6 nitrogen and oxygen atoms in total. The Balaban J connectivity index is -0.0000000600. The SMILES string of the molecule is N=C=O.N=C=O.O=[SH-]=O. The molecule has 7 heteroatoms. The molecule has 0 aromatic rings. The van der Waals surface area contributed by atoms with Crippen LogP contribution in [0.25, 0.3) is 0 Å². The van der Waals surface area contributed by atoms with E-state index in [0.717, 1.165) is 12.2 Å². The van der Waals surface area contributed by atoms with Crippen LogP contribution in [0.3, 0.4) is 0 Å². The molecule has 0 bridgehead atoms. The average Bonchev–Trinajstić information content (AvgIpc) is 1.70. The van der Waals surface area contributed by atoms with E-state index >= 15 is 0 Å². The molecular weight excluding hydrogens is 148 g/mol. The van der Waals surface area contributed by atoms with Crippen molar-refractivity contribution in [1.29, 1.82) is 10.8 Å². The van der Waals surface area contributed by atoms with Gasteiger partial charge in [-0.05, 0) is 0 Å². The van der Waals surface area contributed by atoms with Crippen molar-refractivity contribution >= 4 is 23.7 Å². The second-order valence-electron chi connectivity index (χ2n) is 0.279. The van der Waals surface area contributed by atoms with Gasteiger partial charge < -0.3 is 8.42 Å². The highest BCUT2D eigenvalue weighted by atomic mass is 32.1. The molecule has 0 aromatic heterocycles. The number of hydrogen-bond donors (Lipinski definition) is 2. The molecule has 0 unspecified atom stereocenters. The van der Waals surface area contributed by atoms with Crippen LogP contribution in [0.4, 0.5) is 0 Å². The molecule has 0 aromatic carbocycles. The molecular formula is C2H3N2O4S-. The van der Waals surface area contributed by atoms with E-state index < -0.39 is 11.6 Å². The van der Waals surface area contributed by atoms with Gasteiger partial charge in [0.05, 0.1) is 0 Å². The van der Waals surface area contributed by atoms with Crippen molar-refractivity contribution in [3.05, 3.63) is 0 Å². The average molecular weight is 151 g/mol. The van der Waals surface area contributed by atoms with Crippen molar-refractivity contribution in [1.82, 2.24) is 0 Å². The Morgan fingerprint density at radius 3 is 1.00 bits per heavy atom. The van der Waals surface area contributed by atoms with Gasteiger partial charge in [-0.3, -0.25) is 0 Å². The Morgan fingerprint density at radius 1 is 1.00 bits per heavy atom. The number of carbonyl (C=O) groups excluding carboxylic acids is 2. The molecule has 2 N–H and O–H groups in total. The number of thiol groups is 1. The Labute approximate surface area is 53.5 Å². The maximum Gasteiger partial charge on any atom is 0.231 e. The van der Waals surface area contributed by atoms with Gasteiger partial charge in [0.2, 0.25) is 12.2 Å². The van der Waals surface area contributed by atoms with Gasteiger partial charge in [0.1, 0.15) is 0 Å². The monoisotopic (exact) mass is 151 g/mol. The first kappa shape index (κ1) is 15.6. The van der Waals surface area contributed by atoms with Gasteiger partial charge in [-0.15, -0.1) is 0 Å². The molecule has 0 fully saturated rings. The molecule has 0 atom stereocenters. The third kappa shape index (κ3) is 89.5. The summed E-state index contributed by atoms with van der Waals surface area (Å²) < 4.78 is 16.7. The van der Waals surface area contributed by atoms with Gasteiger partial charge in [-0.2, -0.15) is 0 Å². The predicted octanol–water partition coefficient (Wildman–Crippen LogP) is -0.706. The molecule has 0 heterocycles. The van der Waals surface area contributed by atoms with Crippen molar-refractivity contribution < 1.29 is 18.0 Å². The number of hydrogen-bond acceptors (Lipinski definition) is 7. The zero-order chi connectivity index (χ0) is 8.12. The normalized spacial score (nSPS) is 3.56. The van der Waals surface area contributed by atoms with E-state index in [-0.39, 0.29) is 0 Å². The van der Waals surface area contributed by atoms with Gasteiger partial charge in [0, 0.05) is 0 Å². The zero-order valence-electron chi connectivity index (χ0n) is 4.08. The van der Waals surface area contributed by atoms with E-state index in [1.165, 1.54) is 0 Å². The van der Waals surface area contributed by atoms with Crippen LogP contribution in [0.2, 0.25) is 0 Å². The summed E-state index contributed by atoms with van der Waals surface area (Å²) in [5.74, 6) is 0. The summed E-state index contributed by atoms with van der Waals surface area (Å²) >= 11 is -1.08. The summed E-state index contributed by atoms with van der Waals surface area (Å²) in [5, 5.41) is 10.8. The molecule has 9 heavy (non-hydrogen) atoms. The van der Waals surface area contributed by atoms with Crippen LogP contribution in [0.1, 0.15) is 0 Å². The summed E-state index contributed by atoms with van der Waals surface area (Å²) in [5.41, 5.74) is 0. The van der Waals surface area contributed by atoms with Gasteiger partial charge in [0.15, 0.2) is 0 Å². The third-order valence-corrected chi connectivity index (χ3v) is 0. The molecule has 0 amide bonds. The van der Waals surface area contributed by atoms with Crippen LogP contribution in [0.5, 0.6) is 0 Å². The topological polar surface area (TPSA) is 116 Å². The molecule has 0 aliphatic heterocycles. The molecule has 0 spiro atoms. The highest BCUT2D eigenvalue weighted by Gasteiger charge is 1.04. The molecule has 0 saturated heterocycles. The fourth-order valence-electron chi connectivity index (χ4n) is 0. The Hall–Kier alpha value is -1.29. The van der Waals surface area contributed by atoms with Crippen molar-refractivity contribution in [3.63, 3.8) is 0 Å². The van der Waals surface area contributed by atoms with Crippen LogP contribution in [-0.4, -0.2) is 12.2 Å². The van der Waals surface area contributed by atoms with Crippen molar-refractivity contribution in [2.75, 3.05) is 0 Å². The molecule has 0 radical (unpaired) electrons. The maximum absolute atomic E-state index is 8.35. The fourth-order valence-corrected chi connectivity index (χ4v) is 0. The molecule has 0 saturated carbocycles. The van der Waals surface area contributed by atoms with Crippen molar-refractivity contribution in [2.24, 2.45) is 0 Å². The Bertz CT molecular complexity index is 108. The molecule has 52 valence electrons. The van der Waals surface area contributed by atoms with Crippen LogP contribution >= 0.6 is 0 Å². The van der Waals surface area contributed by atoms with Gasteiger partial charge in [-0.25, -0.2) is 20.4 Å². The lowest BCUT2D eigenvalue weighted by molar-refractivity contribution is 0.541. The maximum atomic E-state index is 8.35. The largest absolute Gasteiger partial charge is 0.427 e. The number of rotatable bonds is 0. The number of nitrogens with one attached hydrogen (secondary N) is 2. The minimum Gasteiger partial charge on any atom is -0.427 e. The van der Waals surface area contributed by atoms with E-state index in [1.807, 2.05) is 0 Å². The smallest absolute Gasteiger partial charge is 0.231 e. The minimum absolute atomic E-state index is 0.750. The van der Waals surface area contributed by atoms with E-state index in [1.54, 1.807) is 0 Å². The van der Waals surface area contributed by atoms with E-state index in [0.29, 0.717) is 0 Å². The highest BCUT2D eigenvalue weighted by Crippen LogP contribution is 0.942. The van der Waals surface area contributed by atoms with Crippen LogP contribution in [0.15, 0.2) is 0 Å². The fraction of sp³-hybridized carbons (Fsp3) is 0. The zero-order valence-corrected chi connectivity index (χ0v) is 4.97. The van der Waals surface area contributed by atoms with Crippen molar-refractivity contribution in [2.45, 2.75) is 0 Å². The standard InChI is InChI=1S/2CHNO.HO2S/c2*2-1-3;1-3-2/h2*2H;3H/q;;-1. The van der Waals surface area contributed by atoms with Gasteiger partial charge >= 0.3 is 0 Å². The Morgan fingerprint density at radius 2 is 1.00 bits per heavy atom. The van der Waals surface area contributed by atoms with Crippen LogP contribution in [0, 0.1) is 10.8 Å². The summed E-state index contributed by atoms with van der Waals surface area (Å²) in [4.78, 5) is 16.7. The van der Waals surface area contributed by atoms with Crippen LogP contribution < -0.4 is 0 Å². The van der Waals surface area contributed by atoms with Gasteiger partial charge in [0.25, 0.3) is 0 Å². The second-order valence-corrected chi connectivity index (χ2v) is 0.428. The lowest BCUT2D eigenvalue weighted by Gasteiger charge is -1.27. The Kier molecular flexibility index (Phi) is 130. The second kappa shape index (κ2) is 74.8. The summed E-state index contributed by atoms with van der Waals surface area (Å²) in [6.45, 7) is 0. The van der Waals surface area contributed by atoms with Gasteiger partial charge in [-0.1, -0.05) is 11.6 Å². The predicted molar refractivity (Wildman–Crippen MR) is 27.0 cm³/mol. The lowest BCUT2D eigenvalue weighted by Crippen LogP contribution is -1.16. The summed E-state index contributed by atoms with van der Waals surface area (Å²) in [7, 11) is 0. The third-order valence-electron chi connectivity index (χ3n) is 0. The summed E-state index contributed by atoms with van der Waals surface area (Å²) in [6, 6.07) is 0. The molecule has 0 aliphatic carbocycles. The number of isocyanates is 2. The van der Waals surface area contributed by atoms with E-state index in [4.69, 9.17) is 28.8 Å². The van der Waals surface area contributed by atoms with E-state index in [2.05, 4.69) is 0 Å². The molecule has 0 aliphatic rings. The van der Waals surface area contributed by atoms with E-state index in [9.17, 15) is 0 Å². The minimum atomic E-state index is -1.08. The highest BCUT2D eigenvalue weighted by molar-refractivity contribution is 7.51. The first-order valence-corrected chi connectivity index (χ1v) is 2.00. The lowest BCUT2D eigenvalue weighted by atomic mass is 11.7. The first-order valence-electron chi connectivity index (χ1n) is 1.27. The molecule has 0 rings (SSSR count). The van der Waals surface area contributed by atoms with Crippen molar-refractivity contribution in [3.8, 4) is 0 Å². The van der Waals surface area contributed by atoms with Crippen LogP contribution in [-0.2, 0) is 29.6 Å². The summed E-state index contributed by atoms with van der Waals surface area (Å²) in [6.07, 6.45) is 1.50. The first-order chi connectivity index (χ1) is 4.24.